The number of hydrogen-bond donors (Lipinski definition) is 0. The van der Waals surface area contributed by atoms with E-state index < -0.39 is 0 Å². The van der Waals surface area contributed by atoms with Crippen LogP contribution in [0.1, 0.15) is 0 Å². The molecule has 17 heavy (non-hydrogen) atoms. The molecule has 2 aromatic carbocycles. The van der Waals surface area contributed by atoms with Gasteiger partial charge in [-0.2, -0.15) is 0 Å². The second-order valence-corrected chi connectivity index (χ2v) is 4.89. The van der Waals surface area contributed by atoms with Gasteiger partial charge in [0.2, 0.25) is 0 Å². The van der Waals surface area contributed by atoms with Crippen LogP contribution in [0.25, 0.3) is 32.0 Å². The summed E-state index contributed by atoms with van der Waals surface area (Å²) in [5.74, 6) is 0. The summed E-state index contributed by atoms with van der Waals surface area (Å²) in [5.41, 5.74) is 3.15. The molecule has 2 nitrogen and oxygen atoms in total. The second-order valence-electron chi connectivity index (χ2n) is 3.97. The minimum absolute atomic E-state index is 1.02. The molecule has 0 atom stereocenters. The van der Waals surface area contributed by atoms with Crippen molar-refractivity contribution in [3.8, 4) is 0 Å². The number of hydrogen-bond acceptors (Lipinski definition) is 3. The number of fused-ring (bicyclic) bond motifs is 5. The highest BCUT2D eigenvalue weighted by molar-refractivity contribution is 7.17. The van der Waals surface area contributed by atoms with E-state index in [1.165, 1.54) is 15.5 Å². The lowest BCUT2D eigenvalue weighted by atomic mass is 10.1. The van der Waals surface area contributed by atoms with Gasteiger partial charge in [-0.25, -0.2) is 4.98 Å². The Morgan fingerprint density at radius 2 is 1.82 bits per heavy atom. The number of para-hydroxylation sites is 1. The third-order valence-corrected chi connectivity index (χ3v) is 3.89. The van der Waals surface area contributed by atoms with Crippen molar-refractivity contribution in [1.82, 2.24) is 9.97 Å². The maximum absolute atomic E-state index is 4.71. The average Bonchev–Trinajstić information content (AvgIpc) is 2.78. The van der Waals surface area contributed by atoms with Crippen LogP contribution in [0.2, 0.25) is 0 Å². The van der Waals surface area contributed by atoms with Gasteiger partial charge in [0.1, 0.15) is 0 Å². The zero-order valence-corrected chi connectivity index (χ0v) is 9.74. The highest BCUT2D eigenvalue weighted by Crippen LogP contribution is 2.31. The molecule has 4 rings (SSSR count). The zero-order chi connectivity index (χ0) is 11.2. The summed E-state index contributed by atoms with van der Waals surface area (Å²) in [5, 5.41) is 4.44. The molecule has 0 unspecified atom stereocenters. The van der Waals surface area contributed by atoms with Crippen molar-refractivity contribution in [3.63, 3.8) is 0 Å². The van der Waals surface area contributed by atoms with Crippen LogP contribution in [0, 0.1) is 0 Å². The van der Waals surface area contributed by atoms with Crippen molar-refractivity contribution >= 4 is 43.4 Å². The Hall–Kier alpha value is -2.00. The van der Waals surface area contributed by atoms with Crippen LogP contribution in [0.15, 0.2) is 48.0 Å². The fraction of sp³-hybridized carbons (Fsp3) is 0. The first kappa shape index (κ1) is 9.07. The van der Waals surface area contributed by atoms with Crippen molar-refractivity contribution in [1.29, 1.82) is 0 Å². The topological polar surface area (TPSA) is 25.8 Å². The summed E-state index contributed by atoms with van der Waals surface area (Å²) in [4.78, 5) is 9.09. The van der Waals surface area contributed by atoms with Gasteiger partial charge in [-0.1, -0.05) is 18.2 Å². The van der Waals surface area contributed by atoms with E-state index in [-0.39, 0.29) is 0 Å². The molecule has 80 valence electrons. The van der Waals surface area contributed by atoms with Crippen LogP contribution < -0.4 is 0 Å². The van der Waals surface area contributed by atoms with Crippen molar-refractivity contribution < 1.29 is 0 Å². The first-order chi connectivity index (χ1) is 8.43. The van der Waals surface area contributed by atoms with Gasteiger partial charge in [0.05, 0.1) is 21.3 Å². The fourth-order valence-electron chi connectivity index (χ4n) is 2.24. The molecule has 2 aromatic heterocycles. The summed E-state index contributed by atoms with van der Waals surface area (Å²) in [6.07, 6.45) is 1.83. The number of nitrogens with zero attached hydrogens (tertiary/aromatic N) is 2. The van der Waals surface area contributed by atoms with Gasteiger partial charge in [-0.05, 0) is 18.2 Å². The Labute approximate surface area is 102 Å². The third kappa shape index (κ3) is 1.20. The van der Waals surface area contributed by atoms with E-state index in [1.54, 1.807) is 11.3 Å². The average molecular weight is 236 g/mol. The lowest BCUT2D eigenvalue weighted by Crippen LogP contribution is -1.75. The van der Waals surface area contributed by atoms with Crippen LogP contribution in [0.3, 0.4) is 0 Å². The lowest BCUT2D eigenvalue weighted by molar-refractivity contribution is 1.44. The Kier molecular flexibility index (Phi) is 1.73. The van der Waals surface area contributed by atoms with Crippen molar-refractivity contribution in [2.45, 2.75) is 0 Å². The van der Waals surface area contributed by atoms with E-state index in [1.807, 2.05) is 17.6 Å². The summed E-state index contributed by atoms with van der Waals surface area (Å²) in [6, 6.07) is 12.5. The maximum atomic E-state index is 4.71. The number of aromatic nitrogens is 2. The molecular weight excluding hydrogens is 228 g/mol. The Morgan fingerprint density at radius 3 is 2.82 bits per heavy atom. The smallest absolute Gasteiger partial charge is 0.0910 e. The highest BCUT2D eigenvalue weighted by atomic mass is 32.1. The molecule has 0 aliphatic heterocycles. The van der Waals surface area contributed by atoms with E-state index in [0.29, 0.717) is 0 Å². The molecule has 0 N–H and O–H groups in total. The molecule has 3 heteroatoms. The van der Waals surface area contributed by atoms with Crippen LogP contribution in [-0.2, 0) is 0 Å². The number of rotatable bonds is 0. The van der Waals surface area contributed by atoms with Gasteiger partial charge < -0.3 is 0 Å². The summed E-state index contributed by atoms with van der Waals surface area (Å²) in [6.45, 7) is 0. The van der Waals surface area contributed by atoms with E-state index in [4.69, 9.17) is 4.98 Å². The molecule has 0 radical (unpaired) electrons. The quantitative estimate of drug-likeness (QED) is 0.461. The Morgan fingerprint density at radius 1 is 0.882 bits per heavy atom. The third-order valence-electron chi connectivity index (χ3n) is 3.00. The molecule has 0 aliphatic carbocycles. The van der Waals surface area contributed by atoms with Crippen LogP contribution in [0.4, 0.5) is 0 Å². The molecule has 0 saturated heterocycles. The molecule has 0 bridgehead atoms. The largest absolute Gasteiger partial charge is 0.254 e. The molecule has 0 saturated carbocycles. The Balaban J connectivity index is 2.34. The van der Waals surface area contributed by atoms with Crippen molar-refractivity contribution in [2.75, 3.05) is 0 Å². The lowest BCUT2D eigenvalue weighted by Gasteiger charge is -1.96. The normalized spacial score (nSPS) is 11.5. The Bertz CT molecular complexity index is 848. The minimum atomic E-state index is 1.02. The summed E-state index contributed by atoms with van der Waals surface area (Å²) >= 11 is 1.70. The first-order valence-electron chi connectivity index (χ1n) is 5.44. The van der Waals surface area contributed by atoms with Crippen molar-refractivity contribution in [2.24, 2.45) is 0 Å². The van der Waals surface area contributed by atoms with Crippen molar-refractivity contribution in [3.05, 3.63) is 48.0 Å². The summed E-state index contributed by atoms with van der Waals surface area (Å²) in [7, 11) is 0. The summed E-state index contributed by atoms with van der Waals surface area (Å²) < 4.78 is 1.17. The predicted octanol–water partition coefficient (Wildman–Crippen LogP) is 4.00. The molecule has 2 heterocycles. The van der Waals surface area contributed by atoms with E-state index >= 15 is 0 Å². The monoisotopic (exact) mass is 236 g/mol. The predicted molar refractivity (Wildman–Crippen MR) is 72.4 cm³/mol. The van der Waals surface area contributed by atoms with Crippen LogP contribution in [0.5, 0.6) is 0 Å². The van der Waals surface area contributed by atoms with E-state index in [2.05, 4.69) is 35.3 Å². The van der Waals surface area contributed by atoms with Crippen LogP contribution >= 0.6 is 11.3 Å². The van der Waals surface area contributed by atoms with Gasteiger partial charge >= 0.3 is 0 Å². The molecule has 0 fully saturated rings. The standard InChI is InChI=1S/C14H8N2S/c1-2-4-11-9(3-1)10-5-6-12-14(13(10)16-11)17-8-7-15-12/h1-8H. The van der Waals surface area contributed by atoms with Gasteiger partial charge in [0.15, 0.2) is 0 Å². The van der Waals surface area contributed by atoms with Gasteiger partial charge in [0, 0.05) is 22.3 Å². The second kappa shape index (κ2) is 3.25. The van der Waals surface area contributed by atoms with E-state index in [9.17, 15) is 0 Å². The number of benzene rings is 2. The van der Waals surface area contributed by atoms with Crippen LogP contribution in [-0.4, -0.2) is 9.97 Å². The zero-order valence-electron chi connectivity index (χ0n) is 8.92. The SMILES string of the molecule is c1ccc2c(c1)nc1c2ccc2nccsc21. The molecule has 4 aromatic rings. The first-order valence-corrected chi connectivity index (χ1v) is 6.32. The molecule has 0 amide bonds. The van der Waals surface area contributed by atoms with Gasteiger partial charge in [-0.15, -0.1) is 11.3 Å². The maximum Gasteiger partial charge on any atom is 0.0910 e. The van der Waals surface area contributed by atoms with E-state index in [0.717, 1.165) is 16.6 Å². The molecule has 0 aliphatic rings. The minimum Gasteiger partial charge on any atom is -0.254 e. The van der Waals surface area contributed by atoms with Gasteiger partial charge in [0.25, 0.3) is 0 Å². The highest BCUT2D eigenvalue weighted by Gasteiger charge is 2.08. The van der Waals surface area contributed by atoms with Gasteiger partial charge in [-0.3, -0.25) is 4.98 Å². The molecule has 0 spiro atoms. The molecular formula is C14H8N2S. The fourth-order valence-corrected chi connectivity index (χ4v) is 3.00.